The summed E-state index contributed by atoms with van der Waals surface area (Å²) in [4.78, 5) is 10.8. The predicted molar refractivity (Wildman–Crippen MR) is 88.8 cm³/mol. The van der Waals surface area contributed by atoms with Gasteiger partial charge in [0.1, 0.15) is 11.5 Å². The molecule has 2 aromatic carbocycles. The molecule has 122 valence electrons. The van der Waals surface area contributed by atoms with E-state index < -0.39 is 12.1 Å². The van der Waals surface area contributed by atoms with Crippen LogP contribution in [0, 0.1) is 0 Å². The molecule has 24 heavy (non-hydrogen) atoms. The van der Waals surface area contributed by atoms with E-state index in [0.29, 0.717) is 27.9 Å². The Morgan fingerprint density at radius 3 is 2.50 bits per heavy atom. The van der Waals surface area contributed by atoms with Crippen LogP contribution in [0.5, 0.6) is 17.4 Å². The Bertz CT molecular complexity index is 883. The molecule has 1 atom stereocenters. The summed E-state index contributed by atoms with van der Waals surface area (Å²) in [5.41, 5.74) is 0.682. The fourth-order valence-electron chi connectivity index (χ4n) is 2.00. The summed E-state index contributed by atoms with van der Waals surface area (Å²) >= 11 is 5.91. The number of fused-ring (bicyclic) bond motifs is 1. The lowest BCUT2D eigenvalue weighted by Gasteiger charge is -2.11. The zero-order valence-electron chi connectivity index (χ0n) is 12.6. The number of carboxylic acids is 1. The number of carbonyl (C=O) groups is 1. The molecule has 1 unspecified atom stereocenters. The Morgan fingerprint density at radius 2 is 1.79 bits per heavy atom. The van der Waals surface area contributed by atoms with Gasteiger partial charge in [0.05, 0.1) is 5.52 Å². The maximum absolute atomic E-state index is 10.8. The summed E-state index contributed by atoms with van der Waals surface area (Å²) in [6, 6.07) is 13.7. The summed E-state index contributed by atoms with van der Waals surface area (Å²) in [6.45, 7) is 1.46. The summed E-state index contributed by atoms with van der Waals surface area (Å²) in [7, 11) is 0. The lowest BCUT2D eigenvalue weighted by Crippen LogP contribution is -2.22. The zero-order chi connectivity index (χ0) is 17.1. The van der Waals surface area contributed by atoms with Crippen molar-refractivity contribution in [2.75, 3.05) is 0 Å². The number of carboxylic acid groups (broad SMARTS) is 1. The Balaban J connectivity index is 1.74. The molecule has 7 heteroatoms. The van der Waals surface area contributed by atoms with Crippen LogP contribution in [0.2, 0.25) is 5.02 Å². The maximum Gasteiger partial charge on any atom is 0.344 e. The molecule has 6 nitrogen and oxygen atoms in total. The number of nitrogens with zero attached hydrogens (tertiary/aromatic N) is 2. The molecule has 0 aliphatic heterocycles. The van der Waals surface area contributed by atoms with E-state index in [0.717, 1.165) is 5.39 Å². The van der Waals surface area contributed by atoms with E-state index in [2.05, 4.69) is 10.2 Å². The molecule has 3 rings (SSSR count). The van der Waals surface area contributed by atoms with Crippen LogP contribution in [0.1, 0.15) is 6.92 Å². The van der Waals surface area contributed by atoms with Crippen LogP contribution in [-0.2, 0) is 4.79 Å². The minimum absolute atomic E-state index is 0.345. The van der Waals surface area contributed by atoms with Crippen LogP contribution < -0.4 is 9.47 Å². The summed E-state index contributed by atoms with van der Waals surface area (Å²) in [6.07, 6.45) is -0.921. The molecule has 0 aliphatic carbocycles. The highest BCUT2D eigenvalue weighted by Crippen LogP contribution is 2.25. The first-order valence-electron chi connectivity index (χ1n) is 7.11. The Labute approximate surface area is 142 Å². The first kappa shape index (κ1) is 16.0. The van der Waals surface area contributed by atoms with Gasteiger partial charge in [0.15, 0.2) is 6.10 Å². The van der Waals surface area contributed by atoms with Crippen LogP contribution in [0.4, 0.5) is 0 Å². The van der Waals surface area contributed by atoms with Gasteiger partial charge < -0.3 is 14.6 Å². The lowest BCUT2D eigenvalue weighted by atomic mass is 10.2. The number of hydrogen-bond acceptors (Lipinski definition) is 5. The smallest absolute Gasteiger partial charge is 0.344 e. The van der Waals surface area contributed by atoms with Gasteiger partial charge in [-0.15, -0.1) is 10.2 Å². The SMILES string of the molecule is CC(Oc1ccc(Oc2cc3ccc(Cl)cc3nn2)cc1)C(=O)O. The number of rotatable bonds is 5. The van der Waals surface area contributed by atoms with Crippen molar-refractivity contribution < 1.29 is 19.4 Å². The molecule has 0 fully saturated rings. The van der Waals surface area contributed by atoms with Gasteiger partial charge in [-0.3, -0.25) is 0 Å². The topological polar surface area (TPSA) is 81.5 Å². The summed E-state index contributed by atoms with van der Waals surface area (Å²) in [5, 5.41) is 18.3. The number of ether oxygens (including phenoxy) is 2. The van der Waals surface area contributed by atoms with Gasteiger partial charge in [-0.05, 0) is 43.3 Å². The van der Waals surface area contributed by atoms with Crippen molar-refractivity contribution in [3.05, 3.63) is 53.6 Å². The van der Waals surface area contributed by atoms with Gasteiger partial charge in [0.25, 0.3) is 0 Å². The normalized spacial score (nSPS) is 11.9. The molecule has 0 saturated heterocycles. The standard InChI is InChI=1S/C17H13ClN2O4/c1-10(17(21)22)23-13-4-6-14(7-5-13)24-16-8-11-2-3-12(18)9-15(11)19-20-16/h2-10H,1H3,(H,21,22). The first-order valence-corrected chi connectivity index (χ1v) is 7.49. The third-order valence-corrected chi connectivity index (χ3v) is 3.47. The van der Waals surface area contributed by atoms with Crippen LogP contribution >= 0.6 is 11.6 Å². The molecule has 0 amide bonds. The van der Waals surface area contributed by atoms with E-state index >= 15 is 0 Å². The quantitative estimate of drug-likeness (QED) is 0.755. The average Bonchev–Trinajstić information content (AvgIpc) is 2.56. The van der Waals surface area contributed by atoms with Crippen molar-refractivity contribution in [3.63, 3.8) is 0 Å². The fourth-order valence-corrected chi connectivity index (χ4v) is 2.17. The summed E-state index contributed by atoms with van der Waals surface area (Å²) in [5.74, 6) is 0.295. The minimum Gasteiger partial charge on any atom is -0.479 e. The van der Waals surface area contributed by atoms with E-state index in [9.17, 15) is 4.79 Å². The predicted octanol–water partition coefficient (Wildman–Crippen LogP) is 3.93. The number of halogens is 1. The lowest BCUT2D eigenvalue weighted by molar-refractivity contribution is -0.144. The van der Waals surface area contributed by atoms with Gasteiger partial charge in [-0.2, -0.15) is 0 Å². The Hall–Kier alpha value is -2.86. The van der Waals surface area contributed by atoms with Crippen LogP contribution in [0.25, 0.3) is 10.9 Å². The third-order valence-electron chi connectivity index (χ3n) is 3.23. The Morgan fingerprint density at radius 1 is 1.08 bits per heavy atom. The number of aliphatic carboxylic acids is 1. The minimum atomic E-state index is -1.03. The van der Waals surface area contributed by atoms with E-state index in [4.69, 9.17) is 26.2 Å². The van der Waals surface area contributed by atoms with Gasteiger partial charge in [-0.25, -0.2) is 4.79 Å². The van der Waals surface area contributed by atoms with Crippen molar-refractivity contribution in [1.82, 2.24) is 10.2 Å². The molecular formula is C17H13ClN2O4. The highest BCUT2D eigenvalue weighted by Gasteiger charge is 2.12. The van der Waals surface area contributed by atoms with E-state index in [1.165, 1.54) is 6.92 Å². The van der Waals surface area contributed by atoms with Gasteiger partial charge >= 0.3 is 5.97 Å². The van der Waals surface area contributed by atoms with Crippen LogP contribution in [-0.4, -0.2) is 27.4 Å². The Kier molecular flexibility index (Phi) is 4.48. The highest BCUT2D eigenvalue weighted by molar-refractivity contribution is 6.31. The maximum atomic E-state index is 10.8. The molecule has 1 N–H and O–H groups in total. The second-order valence-corrected chi connectivity index (χ2v) is 5.49. The third kappa shape index (κ3) is 3.72. The molecular weight excluding hydrogens is 332 g/mol. The van der Waals surface area contributed by atoms with Crippen molar-refractivity contribution in [1.29, 1.82) is 0 Å². The van der Waals surface area contributed by atoms with Crippen LogP contribution in [0.3, 0.4) is 0 Å². The van der Waals surface area contributed by atoms with E-state index in [-0.39, 0.29) is 0 Å². The molecule has 0 spiro atoms. The van der Waals surface area contributed by atoms with Gasteiger partial charge in [0.2, 0.25) is 5.88 Å². The van der Waals surface area contributed by atoms with Gasteiger partial charge in [-0.1, -0.05) is 17.7 Å². The molecule has 0 radical (unpaired) electrons. The molecule has 1 heterocycles. The molecule has 0 bridgehead atoms. The zero-order valence-corrected chi connectivity index (χ0v) is 13.4. The summed E-state index contributed by atoms with van der Waals surface area (Å²) < 4.78 is 10.9. The second kappa shape index (κ2) is 6.72. The molecule has 0 saturated carbocycles. The largest absolute Gasteiger partial charge is 0.479 e. The highest BCUT2D eigenvalue weighted by atomic mass is 35.5. The molecule has 3 aromatic rings. The second-order valence-electron chi connectivity index (χ2n) is 5.06. The number of hydrogen-bond donors (Lipinski definition) is 1. The fraction of sp³-hybridized carbons (Fsp3) is 0.118. The van der Waals surface area contributed by atoms with Gasteiger partial charge in [0, 0.05) is 16.5 Å². The van der Waals surface area contributed by atoms with Crippen molar-refractivity contribution >= 4 is 28.5 Å². The number of aromatic nitrogens is 2. The van der Waals surface area contributed by atoms with E-state index in [1.54, 1.807) is 42.5 Å². The van der Waals surface area contributed by atoms with E-state index in [1.807, 2.05) is 6.07 Å². The van der Waals surface area contributed by atoms with Crippen molar-refractivity contribution in [3.8, 4) is 17.4 Å². The average molecular weight is 345 g/mol. The van der Waals surface area contributed by atoms with Crippen LogP contribution in [0.15, 0.2) is 48.5 Å². The monoisotopic (exact) mass is 344 g/mol. The van der Waals surface area contributed by atoms with Crippen molar-refractivity contribution in [2.24, 2.45) is 0 Å². The molecule has 1 aromatic heterocycles. The number of benzene rings is 2. The molecule has 0 aliphatic rings. The van der Waals surface area contributed by atoms with Crippen molar-refractivity contribution in [2.45, 2.75) is 13.0 Å². The first-order chi connectivity index (χ1) is 11.5.